The van der Waals surface area contributed by atoms with Gasteiger partial charge in [-0.15, -0.1) is 0 Å². The monoisotopic (exact) mass is 316 g/mol. The predicted octanol–water partition coefficient (Wildman–Crippen LogP) is 1.21. The van der Waals surface area contributed by atoms with Crippen LogP contribution in [0.2, 0.25) is 0 Å². The quantitative estimate of drug-likeness (QED) is 0.841. The SMILES string of the molecule is CO[C@H]1O[C@H](C)[C@H](O)C[C@H]1OS(=O)(=O)c1ccc(C)cc1. The molecular weight excluding hydrogens is 296 g/mol. The zero-order valence-electron chi connectivity index (χ0n) is 12.2. The normalized spacial score (nSPS) is 30.3. The van der Waals surface area contributed by atoms with Crippen LogP contribution in [-0.2, 0) is 23.8 Å². The van der Waals surface area contributed by atoms with Gasteiger partial charge in [-0.25, -0.2) is 0 Å². The van der Waals surface area contributed by atoms with Gasteiger partial charge in [0.25, 0.3) is 10.1 Å². The van der Waals surface area contributed by atoms with Crippen LogP contribution in [0.4, 0.5) is 0 Å². The average molecular weight is 316 g/mol. The lowest BCUT2D eigenvalue weighted by Crippen LogP contribution is -2.48. The summed E-state index contributed by atoms with van der Waals surface area (Å²) in [5, 5.41) is 9.81. The van der Waals surface area contributed by atoms with Crippen molar-refractivity contribution in [1.82, 2.24) is 0 Å². The highest BCUT2D eigenvalue weighted by Gasteiger charge is 2.39. The van der Waals surface area contributed by atoms with Crippen LogP contribution >= 0.6 is 0 Å². The first kappa shape index (κ1) is 16.4. The second kappa shape index (κ2) is 6.41. The average Bonchev–Trinajstić information content (AvgIpc) is 2.42. The van der Waals surface area contributed by atoms with Gasteiger partial charge in [0.15, 0.2) is 6.29 Å². The molecule has 1 saturated heterocycles. The molecule has 1 aliphatic heterocycles. The second-order valence-corrected chi connectivity index (χ2v) is 6.72. The highest BCUT2D eigenvalue weighted by atomic mass is 32.2. The molecule has 21 heavy (non-hydrogen) atoms. The van der Waals surface area contributed by atoms with Crippen molar-refractivity contribution in [2.45, 2.75) is 49.8 Å². The first-order chi connectivity index (χ1) is 9.83. The molecule has 4 atom stereocenters. The molecule has 0 aliphatic carbocycles. The van der Waals surface area contributed by atoms with E-state index in [0.717, 1.165) is 5.56 Å². The van der Waals surface area contributed by atoms with Crippen molar-refractivity contribution in [3.8, 4) is 0 Å². The van der Waals surface area contributed by atoms with Crippen molar-refractivity contribution < 1.29 is 27.2 Å². The first-order valence-corrected chi connectivity index (χ1v) is 8.10. The molecule has 0 saturated carbocycles. The smallest absolute Gasteiger partial charge is 0.297 e. The van der Waals surface area contributed by atoms with Crippen molar-refractivity contribution in [2.24, 2.45) is 0 Å². The number of aliphatic hydroxyl groups is 1. The van der Waals surface area contributed by atoms with Gasteiger partial charge in [-0.1, -0.05) is 17.7 Å². The Hall–Kier alpha value is -0.990. The molecule has 1 aromatic rings. The third-order valence-electron chi connectivity index (χ3n) is 3.46. The van der Waals surface area contributed by atoms with Gasteiger partial charge in [0.2, 0.25) is 0 Å². The van der Waals surface area contributed by atoms with Crippen molar-refractivity contribution >= 4 is 10.1 Å². The number of rotatable bonds is 4. The van der Waals surface area contributed by atoms with Crippen LogP contribution in [0.15, 0.2) is 29.2 Å². The molecule has 0 bridgehead atoms. The maximum atomic E-state index is 12.2. The van der Waals surface area contributed by atoms with E-state index in [1.54, 1.807) is 19.1 Å². The summed E-state index contributed by atoms with van der Waals surface area (Å²) in [6.45, 7) is 3.56. The van der Waals surface area contributed by atoms with Gasteiger partial charge in [-0.3, -0.25) is 4.18 Å². The van der Waals surface area contributed by atoms with Gasteiger partial charge >= 0.3 is 0 Å². The number of methoxy groups -OCH3 is 1. The minimum atomic E-state index is -3.93. The van der Waals surface area contributed by atoms with E-state index in [1.165, 1.54) is 19.2 Å². The van der Waals surface area contributed by atoms with Crippen molar-refractivity contribution in [3.05, 3.63) is 29.8 Å². The molecule has 0 unspecified atom stereocenters. The van der Waals surface area contributed by atoms with Gasteiger partial charge in [0.05, 0.1) is 17.1 Å². The van der Waals surface area contributed by atoms with E-state index in [1.807, 2.05) is 6.92 Å². The highest BCUT2D eigenvalue weighted by molar-refractivity contribution is 7.86. The molecule has 0 amide bonds. The van der Waals surface area contributed by atoms with E-state index in [-0.39, 0.29) is 11.3 Å². The van der Waals surface area contributed by atoms with E-state index < -0.39 is 34.7 Å². The number of hydrogen-bond acceptors (Lipinski definition) is 6. The zero-order chi connectivity index (χ0) is 15.6. The molecule has 6 nitrogen and oxygen atoms in total. The second-order valence-electron chi connectivity index (χ2n) is 5.15. The molecule has 2 rings (SSSR count). The molecule has 1 aliphatic rings. The van der Waals surface area contributed by atoms with Gasteiger partial charge in [-0.2, -0.15) is 8.42 Å². The van der Waals surface area contributed by atoms with Crippen molar-refractivity contribution in [3.63, 3.8) is 0 Å². The Kier molecular flexibility index (Phi) is 5.00. The van der Waals surface area contributed by atoms with Crippen molar-refractivity contribution in [2.75, 3.05) is 7.11 Å². The van der Waals surface area contributed by atoms with Gasteiger partial charge in [-0.05, 0) is 26.0 Å². The van der Waals surface area contributed by atoms with Crippen LogP contribution in [0.25, 0.3) is 0 Å². The third-order valence-corrected chi connectivity index (χ3v) is 4.81. The molecule has 0 radical (unpaired) electrons. The fourth-order valence-electron chi connectivity index (χ4n) is 2.15. The van der Waals surface area contributed by atoms with E-state index >= 15 is 0 Å². The highest BCUT2D eigenvalue weighted by Crippen LogP contribution is 2.26. The Morgan fingerprint density at radius 2 is 1.90 bits per heavy atom. The summed E-state index contributed by atoms with van der Waals surface area (Å²) in [4.78, 5) is 0.0658. The molecule has 0 spiro atoms. The molecule has 7 heteroatoms. The summed E-state index contributed by atoms with van der Waals surface area (Å²) >= 11 is 0. The van der Waals surface area contributed by atoms with Crippen LogP contribution in [0.3, 0.4) is 0 Å². The number of ether oxygens (including phenoxy) is 2. The lowest BCUT2D eigenvalue weighted by molar-refractivity contribution is -0.245. The first-order valence-electron chi connectivity index (χ1n) is 6.70. The molecule has 0 aromatic heterocycles. The molecule has 1 N–H and O–H groups in total. The summed E-state index contributed by atoms with van der Waals surface area (Å²) < 4.78 is 40.2. The Morgan fingerprint density at radius 1 is 1.29 bits per heavy atom. The minimum Gasteiger partial charge on any atom is -0.390 e. The van der Waals surface area contributed by atoms with Crippen LogP contribution in [0.1, 0.15) is 18.9 Å². The van der Waals surface area contributed by atoms with Gasteiger partial charge in [0.1, 0.15) is 6.10 Å². The largest absolute Gasteiger partial charge is 0.390 e. The van der Waals surface area contributed by atoms with E-state index in [2.05, 4.69) is 0 Å². The molecule has 118 valence electrons. The Bertz CT molecular complexity index is 568. The summed E-state index contributed by atoms with van der Waals surface area (Å²) in [6.07, 6.45) is -2.81. The fraction of sp³-hybridized carbons (Fsp3) is 0.571. The zero-order valence-corrected chi connectivity index (χ0v) is 13.0. The third kappa shape index (κ3) is 3.81. The maximum absolute atomic E-state index is 12.2. The van der Waals surface area contributed by atoms with Crippen LogP contribution < -0.4 is 0 Å². The van der Waals surface area contributed by atoms with Gasteiger partial charge < -0.3 is 14.6 Å². The Morgan fingerprint density at radius 3 is 2.48 bits per heavy atom. The summed E-state index contributed by atoms with van der Waals surface area (Å²) in [5.41, 5.74) is 0.953. The summed E-state index contributed by atoms with van der Waals surface area (Å²) in [7, 11) is -2.53. The number of aliphatic hydroxyl groups excluding tert-OH is 1. The van der Waals surface area contributed by atoms with E-state index in [0.29, 0.717) is 0 Å². The molecule has 1 aromatic carbocycles. The topological polar surface area (TPSA) is 82.1 Å². The predicted molar refractivity (Wildman–Crippen MR) is 75.2 cm³/mol. The van der Waals surface area contributed by atoms with E-state index in [4.69, 9.17) is 13.7 Å². The number of benzene rings is 1. The molecule has 1 fully saturated rings. The fourth-order valence-corrected chi connectivity index (χ4v) is 3.22. The Balaban J connectivity index is 2.16. The van der Waals surface area contributed by atoms with Crippen LogP contribution in [-0.4, -0.2) is 45.2 Å². The minimum absolute atomic E-state index is 0.0658. The van der Waals surface area contributed by atoms with E-state index in [9.17, 15) is 13.5 Å². The Labute approximate surface area is 124 Å². The summed E-state index contributed by atoms with van der Waals surface area (Å²) in [6, 6.07) is 6.35. The molecule has 1 heterocycles. The summed E-state index contributed by atoms with van der Waals surface area (Å²) in [5.74, 6) is 0. The lowest BCUT2D eigenvalue weighted by atomic mass is 10.0. The van der Waals surface area contributed by atoms with Crippen LogP contribution in [0, 0.1) is 6.92 Å². The molecular formula is C14H20O6S. The van der Waals surface area contributed by atoms with Crippen LogP contribution in [0.5, 0.6) is 0 Å². The van der Waals surface area contributed by atoms with Gasteiger partial charge in [0, 0.05) is 13.5 Å². The maximum Gasteiger partial charge on any atom is 0.297 e. The number of hydrogen-bond donors (Lipinski definition) is 1. The van der Waals surface area contributed by atoms with Crippen molar-refractivity contribution in [1.29, 1.82) is 0 Å². The number of aryl methyl sites for hydroxylation is 1. The standard InChI is InChI=1S/C14H20O6S/c1-9-4-6-11(7-5-9)21(16,17)20-13-8-12(15)10(2)19-14(13)18-3/h4-7,10,12-15H,8H2,1-3H3/t10-,12-,13-,14+/m1/s1. The lowest BCUT2D eigenvalue weighted by Gasteiger charge is -2.36.